The zero-order chi connectivity index (χ0) is 18.8. The highest BCUT2D eigenvalue weighted by Gasteiger charge is 2.22. The van der Waals surface area contributed by atoms with E-state index in [2.05, 4.69) is 15.0 Å². The second-order valence-corrected chi connectivity index (χ2v) is 6.63. The third-order valence-corrected chi connectivity index (χ3v) is 5.06. The minimum Gasteiger partial charge on any atom is -0.383 e. The Bertz CT molecular complexity index is 939. The molecule has 0 saturated carbocycles. The van der Waals surface area contributed by atoms with Gasteiger partial charge in [-0.2, -0.15) is 5.10 Å². The van der Waals surface area contributed by atoms with Gasteiger partial charge >= 0.3 is 0 Å². The van der Waals surface area contributed by atoms with Gasteiger partial charge in [0.1, 0.15) is 0 Å². The van der Waals surface area contributed by atoms with Crippen molar-refractivity contribution < 1.29 is 9.53 Å². The molecule has 1 amide bonds. The number of nitrogens with zero attached hydrogens (tertiary/aromatic N) is 3. The van der Waals surface area contributed by atoms with Gasteiger partial charge in [0.05, 0.1) is 24.4 Å². The maximum atomic E-state index is 13.1. The van der Waals surface area contributed by atoms with Crippen LogP contribution in [-0.2, 0) is 18.3 Å². The Morgan fingerprint density at radius 1 is 1.27 bits per heavy atom. The molecule has 1 atom stereocenters. The molecular formula is C20H26N4O2. The summed E-state index contributed by atoms with van der Waals surface area (Å²) in [5, 5.41) is 8.37. The third kappa shape index (κ3) is 3.12. The van der Waals surface area contributed by atoms with Crippen LogP contribution in [0.25, 0.3) is 10.9 Å². The first kappa shape index (κ1) is 18.2. The standard InChI is InChI=1S/C20H26N4O2/c1-13(17-12-21-23(4)14(17)2)22-20(25)19-15(3)24(10-11-26-5)18-9-7-6-8-16(18)19/h6-9,12-13H,10-11H2,1-5H3,(H,22,25)/t13-/m1/s1. The van der Waals surface area contributed by atoms with Crippen LogP contribution in [-0.4, -0.2) is 34.0 Å². The Morgan fingerprint density at radius 3 is 2.65 bits per heavy atom. The van der Waals surface area contributed by atoms with Crippen molar-refractivity contribution in [3.05, 3.63) is 53.0 Å². The molecular weight excluding hydrogens is 328 g/mol. The number of fused-ring (bicyclic) bond motifs is 1. The molecule has 0 bridgehead atoms. The molecule has 0 spiro atoms. The first-order valence-corrected chi connectivity index (χ1v) is 8.81. The normalized spacial score (nSPS) is 12.5. The molecule has 0 radical (unpaired) electrons. The summed E-state index contributed by atoms with van der Waals surface area (Å²) in [4.78, 5) is 13.1. The van der Waals surface area contributed by atoms with Crippen molar-refractivity contribution in [2.45, 2.75) is 33.4 Å². The van der Waals surface area contributed by atoms with E-state index in [0.717, 1.165) is 33.4 Å². The number of rotatable bonds is 6. The second kappa shape index (κ2) is 7.33. The lowest BCUT2D eigenvalue weighted by Gasteiger charge is -2.14. The van der Waals surface area contributed by atoms with E-state index in [1.165, 1.54) is 0 Å². The predicted molar refractivity (Wildman–Crippen MR) is 102 cm³/mol. The highest BCUT2D eigenvalue weighted by molar-refractivity contribution is 6.08. The molecule has 0 aliphatic carbocycles. The first-order valence-electron chi connectivity index (χ1n) is 8.81. The van der Waals surface area contributed by atoms with Crippen LogP contribution in [0, 0.1) is 13.8 Å². The van der Waals surface area contributed by atoms with Gasteiger partial charge in [-0.3, -0.25) is 9.48 Å². The topological polar surface area (TPSA) is 61.1 Å². The van der Waals surface area contributed by atoms with Crippen LogP contribution in [0.15, 0.2) is 30.5 Å². The smallest absolute Gasteiger partial charge is 0.254 e. The molecule has 2 heterocycles. The van der Waals surface area contributed by atoms with Gasteiger partial charge < -0.3 is 14.6 Å². The molecule has 0 saturated heterocycles. The van der Waals surface area contributed by atoms with E-state index in [4.69, 9.17) is 4.74 Å². The van der Waals surface area contributed by atoms with E-state index >= 15 is 0 Å². The fourth-order valence-electron chi connectivity index (χ4n) is 3.48. The summed E-state index contributed by atoms with van der Waals surface area (Å²) in [6.45, 7) is 7.30. The molecule has 0 fully saturated rings. The van der Waals surface area contributed by atoms with Gasteiger partial charge in [0.25, 0.3) is 5.91 Å². The van der Waals surface area contributed by atoms with Gasteiger partial charge in [-0.15, -0.1) is 0 Å². The molecule has 138 valence electrons. The Balaban J connectivity index is 1.95. The Hall–Kier alpha value is -2.60. The van der Waals surface area contributed by atoms with Crippen LogP contribution in [0.3, 0.4) is 0 Å². The van der Waals surface area contributed by atoms with Crippen LogP contribution < -0.4 is 5.32 Å². The van der Waals surface area contributed by atoms with Crippen molar-refractivity contribution >= 4 is 16.8 Å². The first-order chi connectivity index (χ1) is 12.5. The average molecular weight is 354 g/mol. The number of carbonyl (C=O) groups is 1. The van der Waals surface area contributed by atoms with E-state index < -0.39 is 0 Å². The van der Waals surface area contributed by atoms with Crippen LogP contribution in [0.5, 0.6) is 0 Å². The Labute approximate surface area is 153 Å². The quantitative estimate of drug-likeness (QED) is 0.740. The molecule has 3 aromatic rings. The maximum absolute atomic E-state index is 13.1. The van der Waals surface area contributed by atoms with Crippen molar-refractivity contribution in [2.24, 2.45) is 7.05 Å². The SMILES string of the molecule is COCCn1c(C)c(C(=O)N[C@H](C)c2cnn(C)c2C)c2ccccc21. The lowest BCUT2D eigenvalue weighted by molar-refractivity contribution is 0.0940. The minimum absolute atomic E-state index is 0.0642. The fourth-order valence-corrected chi connectivity index (χ4v) is 3.48. The van der Waals surface area contributed by atoms with Crippen LogP contribution >= 0.6 is 0 Å². The third-order valence-electron chi connectivity index (χ3n) is 5.06. The molecule has 1 N–H and O–H groups in total. The number of benzene rings is 1. The molecule has 0 aliphatic heterocycles. The predicted octanol–water partition coefficient (Wildman–Crippen LogP) is 3.13. The summed E-state index contributed by atoms with van der Waals surface area (Å²) in [6, 6.07) is 7.89. The number of hydrogen-bond donors (Lipinski definition) is 1. The molecule has 6 nitrogen and oxygen atoms in total. The summed E-state index contributed by atoms with van der Waals surface area (Å²) in [6.07, 6.45) is 1.81. The van der Waals surface area contributed by atoms with Gasteiger partial charge in [0, 0.05) is 48.6 Å². The number of aromatic nitrogens is 3. The molecule has 0 aliphatic rings. The average Bonchev–Trinajstić information content (AvgIpc) is 3.10. The largest absolute Gasteiger partial charge is 0.383 e. The number of carbonyl (C=O) groups excluding carboxylic acids is 1. The number of aryl methyl sites for hydroxylation is 1. The monoisotopic (exact) mass is 354 g/mol. The van der Waals surface area contributed by atoms with E-state index in [-0.39, 0.29) is 11.9 Å². The van der Waals surface area contributed by atoms with E-state index in [9.17, 15) is 4.79 Å². The second-order valence-electron chi connectivity index (χ2n) is 6.63. The highest BCUT2D eigenvalue weighted by Crippen LogP contribution is 2.27. The number of hydrogen-bond acceptors (Lipinski definition) is 3. The van der Waals surface area contributed by atoms with E-state index in [1.54, 1.807) is 7.11 Å². The number of amides is 1. The van der Waals surface area contributed by atoms with E-state index in [1.807, 2.05) is 63.0 Å². The Kier molecular flexibility index (Phi) is 5.13. The molecule has 6 heteroatoms. The highest BCUT2D eigenvalue weighted by atomic mass is 16.5. The van der Waals surface area contributed by atoms with Crippen molar-refractivity contribution in [1.29, 1.82) is 0 Å². The fraction of sp³-hybridized carbons (Fsp3) is 0.400. The lowest BCUT2D eigenvalue weighted by atomic mass is 10.1. The van der Waals surface area contributed by atoms with Crippen molar-refractivity contribution in [3.63, 3.8) is 0 Å². The molecule has 0 unspecified atom stereocenters. The number of nitrogens with one attached hydrogen (secondary N) is 1. The van der Waals surface area contributed by atoms with Gasteiger partial charge in [-0.25, -0.2) is 0 Å². The zero-order valence-electron chi connectivity index (χ0n) is 16.0. The zero-order valence-corrected chi connectivity index (χ0v) is 16.0. The maximum Gasteiger partial charge on any atom is 0.254 e. The van der Waals surface area contributed by atoms with Crippen molar-refractivity contribution in [2.75, 3.05) is 13.7 Å². The summed E-state index contributed by atoms with van der Waals surface area (Å²) in [7, 11) is 3.59. The Morgan fingerprint density at radius 2 is 2.00 bits per heavy atom. The van der Waals surface area contributed by atoms with Crippen LogP contribution in [0.4, 0.5) is 0 Å². The summed E-state index contributed by atoms with van der Waals surface area (Å²) in [5.41, 5.74) is 4.82. The number of methoxy groups -OCH3 is 1. The lowest BCUT2D eigenvalue weighted by Crippen LogP contribution is -2.27. The van der Waals surface area contributed by atoms with E-state index in [0.29, 0.717) is 13.2 Å². The summed E-state index contributed by atoms with van der Waals surface area (Å²) >= 11 is 0. The summed E-state index contributed by atoms with van der Waals surface area (Å²) in [5.74, 6) is -0.0642. The van der Waals surface area contributed by atoms with Gasteiger partial charge in [-0.05, 0) is 26.8 Å². The van der Waals surface area contributed by atoms with Gasteiger partial charge in [0.15, 0.2) is 0 Å². The van der Waals surface area contributed by atoms with Crippen molar-refractivity contribution in [3.8, 4) is 0 Å². The summed E-state index contributed by atoms with van der Waals surface area (Å²) < 4.78 is 9.19. The van der Waals surface area contributed by atoms with Crippen LogP contribution in [0.1, 0.15) is 40.3 Å². The number of ether oxygens (including phenoxy) is 1. The molecule has 3 rings (SSSR count). The molecule has 26 heavy (non-hydrogen) atoms. The molecule has 1 aromatic carbocycles. The van der Waals surface area contributed by atoms with Crippen molar-refractivity contribution in [1.82, 2.24) is 19.7 Å². The van der Waals surface area contributed by atoms with Gasteiger partial charge in [-0.1, -0.05) is 18.2 Å². The number of para-hydroxylation sites is 1. The van der Waals surface area contributed by atoms with Gasteiger partial charge in [0.2, 0.25) is 0 Å². The molecule has 2 aromatic heterocycles. The van der Waals surface area contributed by atoms with Crippen LogP contribution in [0.2, 0.25) is 0 Å². The minimum atomic E-state index is -0.114.